The van der Waals surface area contributed by atoms with Gasteiger partial charge >= 0.3 is 0 Å². The van der Waals surface area contributed by atoms with E-state index >= 15 is 0 Å². The van der Waals surface area contributed by atoms with Gasteiger partial charge in [0.1, 0.15) is 23.9 Å². The standard InChI is InChI=1S/C23H16Cl2O4/c1-27-20-8-3-2-5-14(20)11-22-23(26)16-10-9-15(12-21(16)29-22)28-13-17-18(24)6-4-7-19(17)25/h2-12H,13H2,1H3. The van der Waals surface area contributed by atoms with E-state index in [0.29, 0.717) is 38.4 Å². The fourth-order valence-corrected chi connectivity index (χ4v) is 3.52. The van der Waals surface area contributed by atoms with Crippen molar-refractivity contribution in [2.45, 2.75) is 6.61 Å². The number of carbonyl (C=O) groups excluding carboxylic acids is 1. The molecule has 4 nitrogen and oxygen atoms in total. The third-order valence-corrected chi connectivity index (χ3v) is 5.22. The zero-order valence-electron chi connectivity index (χ0n) is 15.4. The number of hydrogen-bond donors (Lipinski definition) is 0. The van der Waals surface area contributed by atoms with Crippen molar-refractivity contribution in [3.63, 3.8) is 0 Å². The van der Waals surface area contributed by atoms with Gasteiger partial charge in [-0.1, -0.05) is 47.5 Å². The molecule has 0 aliphatic carbocycles. The van der Waals surface area contributed by atoms with Crippen LogP contribution in [0.2, 0.25) is 10.0 Å². The Morgan fingerprint density at radius 1 is 1.00 bits per heavy atom. The number of Topliss-reactive ketones (excluding diaryl/α,β-unsaturated/α-hetero) is 1. The molecular formula is C23H16Cl2O4. The quantitative estimate of drug-likeness (QED) is 0.455. The molecule has 3 aromatic carbocycles. The van der Waals surface area contributed by atoms with Crippen molar-refractivity contribution in [2.75, 3.05) is 7.11 Å². The number of methoxy groups -OCH3 is 1. The van der Waals surface area contributed by atoms with E-state index in [1.165, 1.54) is 0 Å². The van der Waals surface area contributed by atoms with Crippen LogP contribution in [-0.4, -0.2) is 12.9 Å². The van der Waals surface area contributed by atoms with Gasteiger partial charge in [0.05, 0.1) is 12.7 Å². The highest BCUT2D eigenvalue weighted by atomic mass is 35.5. The van der Waals surface area contributed by atoms with Crippen LogP contribution in [0.5, 0.6) is 17.2 Å². The maximum absolute atomic E-state index is 12.7. The van der Waals surface area contributed by atoms with E-state index < -0.39 is 0 Å². The Hall–Kier alpha value is -2.95. The molecule has 0 fully saturated rings. The van der Waals surface area contributed by atoms with E-state index in [0.717, 1.165) is 5.56 Å². The molecule has 0 unspecified atom stereocenters. The van der Waals surface area contributed by atoms with Crippen LogP contribution in [0.25, 0.3) is 6.08 Å². The number of fused-ring (bicyclic) bond motifs is 1. The smallest absolute Gasteiger partial charge is 0.231 e. The number of para-hydroxylation sites is 1. The summed E-state index contributed by atoms with van der Waals surface area (Å²) in [4.78, 5) is 12.7. The Labute approximate surface area is 178 Å². The van der Waals surface area contributed by atoms with Crippen LogP contribution >= 0.6 is 23.2 Å². The normalized spacial score (nSPS) is 13.9. The van der Waals surface area contributed by atoms with Gasteiger partial charge in [-0.15, -0.1) is 0 Å². The first-order chi connectivity index (χ1) is 14.1. The van der Waals surface area contributed by atoms with Crippen LogP contribution < -0.4 is 14.2 Å². The lowest BCUT2D eigenvalue weighted by molar-refractivity contribution is 0.101. The summed E-state index contributed by atoms with van der Waals surface area (Å²) < 4.78 is 16.9. The maximum Gasteiger partial charge on any atom is 0.231 e. The van der Waals surface area contributed by atoms with E-state index in [2.05, 4.69) is 0 Å². The second kappa shape index (κ2) is 8.19. The minimum Gasteiger partial charge on any atom is -0.496 e. The van der Waals surface area contributed by atoms with Crippen molar-refractivity contribution < 1.29 is 19.0 Å². The Balaban J connectivity index is 1.55. The van der Waals surface area contributed by atoms with E-state index in [-0.39, 0.29) is 18.1 Å². The molecule has 0 bridgehead atoms. The van der Waals surface area contributed by atoms with Crippen LogP contribution in [0.1, 0.15) is 21.5 Å². The maximum atomic E-state index is 12.7. The summed E-state index contributed by atoms with van der Waals surface area (Å²) in [5.41, 5.74) is 1.94. The molecule has 0 spiro atoms. The number of rotatable bonds is 5. The Morgan fingerprint density at radius 2 is 1.76 bits per heavy atom. The molecule has 146 valence electrons. The highest BCUT2D eigenvalue weighted by molar-refractivity contribution is 6.35. The zero-order chi connectivity index (χ0) is 20.4. The van der Waals surface area contributed by atoms with Crippen LogP contribution in [0, 0.1) is 0 Å². The predicted molar refractivity (Wildman–Crippen MR) is 113 cm³/mol. The number of ether oxygens (including phenoxy) is 3. The van der Waals surface area contributed by atoms with Gasteiger partial charge in [-0.2, -0.15) is 0 Å². The molecule has 4 rings (SSSR count). The number of allylic oxidation sites excluding steroid dienone is 1. The topological polar surface area (TPSA) is 44.8 Å². The van der Waals surface area contributed by atoms with Crippen LogP contribution in [0.4, 0.5) is 0 Å². The lowest BCUT2D eigenvalue weighted by Crippen LogP contribution is -1.98. The van der Waals surface area contributed by atoms with E-state index in [1.807, 2.05) is 24.3 Å². The SMILES string of the molecule is COc1ccccc1C=C1Oc2cc(OCc3c(Cl)cccc3Cl)ccc2C1=O. The molecule has 3 aromatic rings. The second-order valence-corrected chi connectivity index (χ2v) is 7.14. The molecule has 0 aromatic heterocycles. The summed E-state index contributed by atoms with van der Waals surface area (Å²) in [5.74, 6) is 1.69. The molecule has 29 heavy (non-hydrogen) atoms. The van der Waals surface area contributed by atoms with Crippen LogP contribution in [0.3, 0.4) is 0 Å². The van der Waals surface area contributed by atoms with Gasteiger partial charge in [-0.3, -0.25) is 4.79 Å². The zero-order valence-corrected chi connectivity index (χ0v) is 17.0. The van der Waals surface area contributed by atoms with Gasteiger partial charge in [0.15, 0.2) is 5.76 Å². The summed E-state index contributed by atoms with van der Waals surface area (Å²) in [5, 5.41) is 1.07. The fraction of sp³-hybridized carbons (Fsp3) is 0.0870. The highest BCUT2D eigenvalue weighted by Crippen LogP contribution is 2.36. The van der Waals surface area contributed by atoms with E-state index in [1.54, 1.807) is 49.6 Å². The summed E-state index contributed by atoms with van der Waals surface area (Å²) in [7, 11) is 1.58. The average Bonchev–Trinajstić information content (AvgIpc) is 3.03. The second-order valence-electron chi connectivity index (χ2n) is 6.33. The average molecular weight is 427 g/mol. The molecule has 0 radical (unpaired) electrons. The molecule has 6 heteroatoms. The van der Waals surface area contributed by atoms with Crippen molar-refractivity contribution in [2.24, 2.45) is 0 Å². The molecule has 0 saturated heterocycles. The van der Waals surface area contributed by atoms with Gasteiger partial charge in [0.25, 0.3) is 0 Å². The van der Waals surface area contributed by atoms with Gasteiger partial charge in [0.2, 0.25) is 5.78 Å². The highest BCUT2D eigenvalue weighted by Gasteiger charge is 2.28. The Morgan fingerprint density at radius 3 is 2.52 bits per heavy atom. The number of hydrogen-bond acceptors (Lipinski definition) is 4. The van der Waals surface area contributed by atoms with Gasteiger partial charge in [0, 0.05) is 27.2 Å². The molecular weight excluding hydrogens is 411 g/mol. The number of benzene rings is 3. The summed E-state index contributed by atoms with van der Waals surface area (Å²) in [6, 6.07) is 17.8. The first-order valence-electron chi connectivity index (χ1n) is 8.84. The lowest BCUT2D eigenvalue weighted by Gasteiger charge is -2.10. The van der Waals surface area contributed by atoms with Crippen molar-refractivity contribution in [1.29, 1.82) is 0 Å². The molecule has 0 amide bonds. The third kappa shape index (κ3) is 3.95. The third-order valence-electron chi connectivity index (χ3n) is 4.51. The number of halogens is 2. The molecule has 1 aliphatic rings. The first kappa shape index (κ1) is 19.4. The van der Waals surface area contributed by atoms with E-state index in [4.69, 9.17) is 37.4 Å². The summed E-state index contributed by atoms with van der Waals surface area (Å²) in [6.07, 6.45) is 1.67. The van der Waals surface area contributed by atoms with Crippen molar-refractivity contribution in [3.05, 3.63) is 93.2 Å². The predicted octanol–water partition coefficient (Wildman–Crippen LogP) is 6.20. The van der Waals surface area contributed by atoms with Crippen LogP contribution in [0.15, 0.2) is 66.4 Å². The molecule has 1 aliphatic heterocycles. The Bertz CT molecular complexity index is 1100. The minimum absolute atomic E-state index is 0.188. The molecule has 0 atom stereocenters. The summed E-state index contributed by atoms with van der Waals surface area (Å²) >= 11 is 12.4. The first-order valence-corrected chi connectivity index (χ1v) is 9.59. The van der Waals surface area contributed by atoms with Gasteiger partial charge in [-0.25, -0.2) is 0 Å². The molecule has 1 heterocycles. The summed E-state index contributed by atoms with van der Waals surface area (Å²) in [6.45, 7) is 0.204. The van der Waals surface area contributed by atoms with E-state index in [9.17, 15) is 4.79 Å². The minimum atomic E-state index is -0.188. The lowest BCUT2D eigenvalue weighted by atomic mass is 10.1. The van der Waals surface area contributed by atoms with Crippen molar-refractivity contribution in [1.82, 2.24) is 0 Å². The fourth-order valence-electron chi connectivity index (χ4n) is 3.01. The monoisotopic (exact) mass is 426 g/mol. The Kier molecular flexibility index (Phi) is 5.47. The number of carbonyl (C=O) groups is 1. The number of ketones is 1. The molecule has 0 saturated carbocycles. The van der Waals surface area contributed by atoms with Crippen molar-refractivity contribution >= 4 is 35.1 Å². The molecule has 0 N–H and O–H groups in total. The van der Waals surface area contributed by atoms with Crippen molar-refractivity contribution in [3.8, 4) is 17.2 Å². The van der Waals surface area contributed by atoms with Crippen LogP contribution in [-0.2, 0) is 6.61 Å². The largest absolute Gasteiger partial charge is 0.496 e. The van der Waals surface area contributed by atoms with Gasteiger partial charge < -0.3 is 14.2 Å². The van der Waals surface area contributed by atoms with Gasteiger partial charge in [-0.05, 0) is 36.4 Å².